The first-order valence-electron chi connectivity index (χ1n) is 9.49. The Labute approximate surface area is 183 Å². The molecule has 0 aliphatic carbocycles. The van der Waals surface area contributed by atoms with Gasteiger partial charge in [-0.3, -0.25) is 9.32 Å². The van der Waals surface area contributed by atoms with Crippen LogP contribution in [-0.2, 0) is 4.79 Å². The van der Waals surface area contributed by atoms with E-state index >= 15 is 0 Å². The summed E-state index contributed by atoms with van der Waals surface area (Å²) in [6.45, 7) is 0.209. The summed E-state index contributed by atoms with van der Waals surface area (Å²) in [6.07, 6.45) is -1.49. The second-order valence-corrected chi connectivity index (χ2v) is 7.42. The van der Waals surface area contributed by atoms with Crippen LogP contribution in [0, 0.1) is 5.82 Å². The van der Waals surface area contributed by atoms with Gasteiger partial charge in [0.2, 0.25) is 17.4 Å². The normalized spacial score (nSPS) is 18.3. The maximum absolute atomic E-state index is 13.5. The number of aliphatic hydroxyl groups excluding tert-OH is 2. The molecule has 1 fully saturated rings. The molecule has 0 radical (unpaired) electrons. The minimum absolute atomic E-state index is 0.0478. The van der Waals surface area contributed by atoms with Crippen LogP contribution in [0.15, 0.2) is 32.1 Å². The molecule has 0 bridgehead atoms. The molecule has 2 aromatic heterocycles. The molecule has 0 unspecified atom stereocenters. The van der Waals surface area contributed by atoms with Crippen molar-refractivity contribution in [2.24, 2.45) is 0 Å². The van der Waals surface area contributed by atoms with E-state index in [1.165, 1.54) is 17.0 Å². The van der Waals surface area contributed by atoms with E-state index in [1.54, 1.807) is 0 Å². The molecule has 2 atom stereocenters. The minimum Gasteiger partial charge on any atom is -0.474 e. The summed E-state index contributed by atoms with van der Waals surface area (Å²) >= 11 is 5.79. The zero-order chi connectivity index (χ0) is 22.8. The van der Waals surface area contributed by atoms with E-state index < -0.39 is 23.8 Å². The number of rotatable bonds is 7. The summed E-state index contributed by atoms with van der Waals surface area (Å²) in [5.74, 6) is -1.98. The predicted octanol–water partition coefficient (Wildman–Crippen LogP) is 0.391. The van der Waals surface area contributed by atoms with Crippen molar-refractivity contribution in [3.8, 4) is 23.1 Å². The van der Waals surface area contributed by atoms with E-state index in [4.69, 9.17) is 20.9 Å². The van der Waals surface area contributed by atoms with Crippen molar-refractivity contribution in [1.82, 2.24) is 24.9 Å². The summed E-state index contributed by atoms with van der Waals surface area (Å²) in [5.41, 5.74) is 0.126. The quantitative estimate of drug-likeness (QED) is 0.464. The van der Waals surface area contributed by atoms with Gasteiger partial charge < -0.3 is 19.8 Å². The fraction of sp³-hybridized carbons (Fsp3) is 0.389. The SMILES string of the molecule is O=C(CCCOc1nonc1-c1noc(=O)n1-c1ccc(F)c(Cl)c1)N1C[C@@H](O)[C@@H](O)C1. The molecule has 12 nitrogen and oxygen atoms in total. The highest BCUT2D eigenvalue weighted by Gasteiger charge is 2.32. The maximum atomic E-state index is 13.5. The summed E-state index contributed by atoms with van der Waals surface area (Å²) in [7, 11) is 0. The lowest BCUT2D eigenvalue weighted by Crippen LogP contribution is -2.29. The molecular formula is C18H17ClFN5O7. The fourth-order valence-corrected chi connectivity index (χ4v) is 3.36. The average Bonchev–Trinajstić information content (AvgIpc) is 3.46. The van der Waals surface area contributed by atoms with Gasteiger partial charge in [-0.15, -0.1) is 0 Å². The van der Waals surface area contributed by atoms with Gasteiger partial charge in [-0.25, -0.2) is 18.4 Å². The molecule has 1 aliphatic rings. The van der Waals surface area contributed by atoms with Crippen molar-refractivity contribution >= 4 is 17.5 Å². The minimum atomic E-state index is -0.949. The lowest BCUT2D eigenvalue weighted by atomic mass is 10.3. The molecule has 3 aromatic rings. The first kappa shape index (κ1) is 21.9. The van der Waals surface area contributed by atoms with Crippen LogP contribution in [0.25, 0.3) is 17.2 Å². The fourth-order valence-electron chi connectivity index (χ4n) is 3.19. The van der Waals surface area contributed by atoms with Crippen molar-refractivity contribution in [1.29, 1.82) is 0 Å². The average molecular weight is 470 g/mol. The Morgan fingerprint density at radius 2 is 2.00 bits per heavy atom. The Morgan fingerprint density at radius 1 is 1.25 bits per heavy atom. The largest absolute Gasteiger partial charge is 0.474 e. The number of amides is 1. The molecule has 32 heavy (non-hydrogen) atoms. The van der Waals surface area contributed by atoms with Gasteiger partial charge in [0.15, 0.2) is 0 Å². The summed E-state index contributed by atoms with van der Waals surface area (Å²) in [6, 6.07) is 3.59. The van der Waals surface area contributed by atoms with Gasteiger partial charge in [0.1, 0.15) is 5.82 Å². The van der Waals surface area contributed by atoms with Gasteiger partial charge in [-0.1, -0.05) is 16.8 Å². The highest BCUT2D eigenvalue weighted by molar-refractivity contribution is 6.30. The first-order valence-corrected chi connectivity index (χ1v) is 9.86. The molecule has 1 aliphatic heterocycles. The molecule has 1 amide bonds. The predicted molar refractivity (Wildman–Crippen MR) is 104 cm³/mol. The molecule has 1 saturated heterocycles. The van der Waals surface area contributed by atoms with E-state index in [0.29, 0.717) is 6.42 Å². The van der Waals surface area contributed by atoms with Crippen molar-refractivity contribution in [2.75, 3.05) is 19.7 Å². The number of hydrogen-bond donors (Lipinski definition) is 2. The van der Waals surface area contributed by atoms with Crippen molar-refractivity contribution in [3.63, 3.8) is 0 Å². The highest BCUT2D eigenvalue weighted by Crippen LogP contribution is 2.27. The second-order valence-electron chi connectivity index (χ2n) is 7.01. The third kappa shape index (κ3) is 4.35. The third-order valence-electron chi connectivity index (χ3n) is 4.82. The number of nitrogens with zero attached hydrogens (tertiary/aromatic N) is 5. The van der Waals surface area contributed by atoms with Crippen molar-refractivity contribution < 1.29 is 33.3 Å². The summed E-state index contributed by atoms with van der Waals surface area (Å²) in [5, 5.41) is 29.8. The molecule has 170 valence electrons. The Bertz CT molecular complexity index is 1170. The van der Waals surface area contributed by atoms with E-state index in [2.05, 4.69) is 20.1 Å². The molecule has 14 heteroatoms. The Kier molecular flexibility index (Phi) is 6.21. The number of aromatic nitrogens is 4. The number of β-amino-alcohol motifs (C(OH)–C–C–N with tert-alkyl or cyclic N) is 2. The lowest BCUT2D eigenvalue weighted by Gasteiger charge is -2.15. The van der Waals surface area contributed by atoms with Crippen LogP contribution in [0.1, 0.15) is 12.8 Å². The number of benzene rings is 1. The van der Waals surface area contributed by atoms with Crippen LogP contribution in [0.2, 0.25) is 5.02 Å². The first-order chi connectivity index (χ1) is 15.3. The standard InChI is InChI=1S/C18H17ClFN5O7/c19-10-6-9(3-4-11(10)20)25-16(22-31-18(25)29)15-17(23-32-21-15)30-5-1-2-14(28)24-7-12(26)13(27)8-24/h3-4,6,12-13,26-27H,1-2,5,7-8H2/t12-,13+. The van der Waals surface area contributed by atoms with E-state index in [1.807, 2.05) is 0 Å². The molecule has 3 heterocycles. The zero-order valence-corrected chi connectivity index (χ0v) is 17.1. The lowest BCUT2D eigenvalue weighted by molar-refractivity contribution is -0.130. The number of hydrogen-bond acceptors (Lipinski definition) is 10. The molecule has 0 spiro atoms. The van der Waals surface area contributed by atoms with Gasteiger partial charge in [0, 0.05) is 19.5 Å². The zero-order valence-electron chi connectivity index (χ0n) is 16.3. The van der Waals surface area contributed by atoms with E-state index in [9.17, 15) is 24.2 Å². The Morgan fingerprint density at radius 3 is 2.72 bits per heavy atom. The van der Waals surface area contributed by atoms with Crippen molar-refractivity contribution in [3.05, 3.63) is 39.6 Å². The van der Waals surface area contributed by atoms with Crippen LogP contribution in [-0.4, -0.2) is 73.0 Å². The monoisotopic (exact) mass is 469 g/mol. The highest BCUT2D eigenvalue weighted by atomic mass is 35.5. The van der Waals surface area contributed by atoms with E-state index in [0.717, 1.165) is 10.6 Å². The molecular weight excluding hydrogens is 453 g/mol. The topological polar surface area (TPSA) is 157 Å². The van der Waals surface area contributed by atoms with Crippen LogP contribution in [0.4, 0.5) is 4.39 Å². The molecule has 0 saturated carbocycles. The van der Waals surface area contributed by atoms with Crippen LogP contribution < -0.4 is 10.5 Å². The van der Waals surface area contributed by atoms with Gasteiger partial charge >= 0.3 is 5.76 Å². The van der Waals surface area contributed by atoms with Crippen LogP contribution in [0.5, 0.6) is 5.88 Å². The molecule has 2 N–H and O–H groups in total. The molecule has 4 rings (SSSR count). The van der Waals surface area contributed by atoms with Gasteiger partial charge in [-0.05, 0) is 34.9 Å². The van der Waals surface area contributed by atoms with E-state index in [-0.39, 0.29) is 60.1 Å². The second kappa shape index (κ2) is 9.06. The number of ether oxygens (including phenoxy) is 1. The number of carbonyl (C=O) groups excluding carboxylic acids is 1. The number of halogens is 2. The van der Waals surface area contributed by atoms with Crippen LogP contribution >= 0.6 is 11.6 Å². The summed E-state index contributed by atoms with van der Waals surface area (Å²) in [4.78, 5) is 25.7. The smallest absolute Gasteiger partial charge is 0.446 e. The Balaban J connectivity index is 1.43. The third-order valence-corrected chi connectivity index (χ3v) is 5.11. The van der Waals surface area contributed by atoms with Gasteiger partial charge in [-0.2, -0.15) is 0 Å². The maximum Gasteiger partial charge on any atom is 0.446 e. The number of likely N-dealkylation sites (tertiary alicyclic amines) is 1. The number of aliphatic hydroxyl groups is 2. The van der Waals surface area contributed by atoms with Crippen molar-refractivity contribution in [2.45, 2.75) is 25.0 Å². The summed E-state index contributed by atoms with van der Waals surface area (Å²) < 4.78 is 29.4. The Hall–Kier alpha value is -3.29. The molecule has 1 aromatic carbocycles. The van der Waals surface area contributed by atoms with Gasteiger partial charge in [0.05, 0.1) is 29.5 Å². The number of carbonyl (C=O) groups is 1. The van der Waals surface area contributed by atoms with Gasteiger partial charge in [0.25, 0.3) is 5.88 Å². The van der Waals surface area contributed by atoms with Crippen LogP contribution in [0.3, 0.4) is 0 Å².